The number of nitrogens with one attached hydrogen (secondary N) is 1. The van der Waals surface area contributed by atoms with Gasteiger partial charge in [-0.25, -0.2) is 14.6 Å². The van der Waals surface area contributed by atoms with E-state index < -0.39 is 4.92 Å². The molecule has 0 spiro atoms. The van der Waals surface area contributed by atoms with E-state index in [9.17, 15) is 10.1 Å². The van der Waals surface area contributed by atoms with E-state index in [0.29, 0.717) is 39.1 Å². The Hall–Kier alpha value is -3.50. The highest BCUT2D eigenvalue weighted by molar-refractivity contribution is 6.35. The Bertz CT molecular complexity index is 1280. The summed E-state index contributed by atoms with van der Waals surface area (Å²) in [6, 6.07) is 7.96. The van der Waals surface area contributed by atoms with Crippen LogP contribution in [0.25, 0.3) is 11.0 Å². The molecule has 4 aromatic rings. The number of fused-ring (bicyclic) bond motifs is 1. The zero-order valence-corrected chi connectivity index (χ0v) is 16.9. The van der Waals surface area contributed by atoms with Gasteiger partial charge >= 0.3 is 5.88 Å². The zero-order chi connectivity index (χ0) is 21.3. The highest BCUT2D eigenvalue weighted by atomic mass is 35.5. The van der Waals surface area contributed by atoms with Gasteiger partial charge in [0.1, 0.15) is 11.3 Å². The maximum atomic E-state index is 10.7. The molecule has 0 atom stereocenters. The van der Waals surface area contributed by atoms with Crippen molar-refractivity contribution in [3.05, 3.63) is 73.8 Å². The highest BCUT2D eigenvalue weighted by Gasteiger charge is 2.15. The van der Waals surface area contributed by atoms with Gasteiger partial charge in [0.05, 0.1) is 29.9 Å². The highest BCUT2D eigenvalue weighted by Crippen LogP contribution is 2.26. The molecule has 0 bridgehead atoms. The molecule has 0 fully saturated rings. The number of nitro groups is 1. The molecule has 0 unspecified atom stereocenters. The Kier molecular flexibility index (Phi) is 5.34. The van der Waals surface area contributed by atoms with Crippen molar-refractivity contribution in [1.29, 1.82) is 0 Å². The number of hydrogen-bond acceptors (Lipinski definition) is 8. The van der Waals surface area contributed by atoms with Gasteiger partial charge in [0.25, 0.3) is 0 Å². The lowest BCUT2D eigenvalue weighted by Gasteiger charge is -2.06. The molecule has 0 saturated heterocycles. The van der Waals surface area contributed by atoms with Crippen LogP contribution >= 0.6 is 23.2 Å². The zero-order valence-electron chi connectivity index (χ0n) is 15.4. The van der Waals surface area contributed by atoms with E-state index in [-0.39, 0.29) is 11.6 Å². The topological polar surface area (TPSA) is 124 Å². The largest absolute Gasteiger partial charge is 0.433 e. The third kappa shape index (κ3) is 3.95. The number of halogens is 2. The molecule has 1 N–H and O–H groups in total. The standard InChI is InChI=1S/C18H13Cl2N7O3/c1-10-16-17(24-23-7-13-4-5-15(30-13)27(28)29)21-9-22-18(16)26(25-10)8-11-2-3-12(19)6-14(11)20/h2-7,9H,8H2,1H3,(H,21,22,24)/b23-7+. The van der Waals surface area contributed by atoms with Gasteiger partial charge in [-0.3, -0.25) is 15.5 Å². The lowest BCUT2D eigenvalue weighted by molar-refractivity contribution is -0.402. The summed E-state index contributed by atoms with van der Waals surface area (Å²) in [5, 5.41) is 21.0. The summed E-state index contributed by atoms with van der Waals surface area (Å²) >= 11 is 12.2. The average molecular weight is 446 g/mol. The van der Waals surface area contributed by atoms with Crippen molar-refractivity contribution in [2.75, 3.05) is 5.43 Å². The van der Waals surface area contributed by atoms with Crippen LogP contribution in [0.4, 0.5) is 11.7 Å². The second-order valence-electron chi connectivity index (χ2n) is 6.20. The molecule has 1 aromatic carbocycles. The third-order valence-electron chi connectivity index (χ3n) is 4.19. The summed E-state index contributed by atoms with van der Waals surface area (Å²) in [7, 11) is 0. The summed E-state index contributed by atoms with van der Waals surface area (Å²) in [6.45, 7) is 2.23. The molecule has 0 amide bonds. The summed E-state index contributed by atoms with van der Waals surface area (Å²) in [5.74, 6) is 0.298. The number of rotatable bonds is 6. The van der Waals surface area contributed by atoms with Crippen molar-refractivity contribution in [2.24, 2.45) is 5.10 Å². The minimum absolute atomic E-state index is 0.226. The van der Waals surface area contributed by atoms with Crippen LogP contribution < -0.4 is 5.43 Å². The number of nitrogens with zero attached hydrogens (tertiary/aromatic N) is 6. The quantitative estimate of drug-likeness (QED) is 0.264. The molecule has 4 rings (SSSR count). The fourth-order valence-electron chi connectivity index (χ4n) is 2.86. The molecule has 30 heavy (non-hydrogen) atoms. The van der Waals surface area contributed by atoms with E-state index in [1.807, 2.05) is 13.0 Å². The Morgan fingerprint density at radius 2 is 2.13 bits per heavy atom. The van der Waals surface area contributed by atoms with Crippen LogP contribution in [0.1, 0.15) is 17.0 Å². The maximum absolute atomic E-state index is 10.7. The minimum atomic E-state index is -0.622. The Labute approximate surface area is 179 Å². The Morgan fingerprint density at radius 3 is 2.87 bits per heavy atom. The summed E-state index contributed by atoms with van der Waals surface area (Å²) in [5.41, 5.74) is 4.94. The molecule has 10 nitrogen and oxygen atoms in total. The molecule has 3 heterocycles. The minimum Gasteiger partial charge on any atom is -0.400 e. The van der Waals surface area contributed by atoms with Crippen LogP contribution in [0, 0.1) is 17.0 Å². The van der Waals surface area contributed by atoms with Crippen LogP contribution in [0.15, 0.2) is 46.2 Å². The molecule has 0 saturated carbocycles. The number of aromatic nitrogens is 4. The summed E-state index contributed by atoms with van der Waals surface area (Å²) in [6.07, 6.45) is 2.70. The van der Waals surface area contributed by atoms with Crippen LogP contribution in [0.3, 0.4) is 0 Å². The molecule has 3 aromatic heterocycles. The normalized spacial score (nSPS) is 11.4. The lowest BCUT2D eigenvalue weighted by atomic mass is 10.2. The van der Waals surface area contributed by atoms with Crippen LogP contribution in [0.5, 0.6) is 0 Å². The van der Waals surface area contributed by atoms with Gasteiger partial charge in [0, 0.05) is 10.0 Å². The predicted molar refractivity (Wildman–Crippen MR) is 112 cm³/mol. The average Bonchev–Trinajstić information content (AvgIpc) is 3.30. The van der Waals surface area contributed by atoms with E-state index in [1.54, 1.807) is 16.8 Å². The van der Waals surface area contributed by atoms with Crippen LogP contribution in [0.2, 0.25) is 10.0 Å². The van der Waals surface area contributed by atoms with Crippen molar-refractivity contribution < 1.29 is 9.34 Å². The molecule has 0 aliphatic rings. The summed E-state index contributed by atoms with van der Waals surface area (Å²) < 4.78 is 6.74. The van der Waals surface area contributed by atoms with Gasteiger partial charge < -0.3 is 4.42 Å². The summed E-state index contributed by atoms with van der Waals surface area (Å²) in [4.78, 5) is 18.6. The van der Waals surface area contributed by atoms with E-state index in [2.05, 4.69) is 25.6 Å². The Balaban J connectivity index is 1.60. The molecule has 12 heteroatoms. The van der Waals surface area contributed by atoms with Gasteiger partial charge in [0.2, 0.25) is 0 Å². The van der Waals surface area contributed by atoms with E-state index in [1.165, 1.54) is 24.7 Å². The first-order chi connectivity index (χ1) is 14.4. The van der Waals surface area contributed by atoms with Crippen LogP contribution in [-0.2, 0) is 6.54 Å². The fourth-order valence-corrected chi connectivity index (χ4v) is 3.32. The lowest BCUT2D eigenvalue weighted by Crippen LogP contribution is -2.04. The molecular weight excluding hydrogens is 433 g/mol. The molecule has 0 aliphatic carbocycles. The van der Waals surface area contributed by atoms with Gasteiger partial charge in [-0.15, -0.1) is 0 Å². The number of anilines is 1. The van der Waals surface area contributed by atoms with Crippen molar-refractivity contribution in [3.8, 4) is 0 Å². The predicted octanol–water partition coefficient (Wildman–Crippen LogP) is 4.44. The van der Waals surface area contributed by atoms with E-state index >= 15 is 0 Å². The second kappa shape index (κ2) is 8.09. The first kappa shape index (κ1) is 19.8. The number of hydrazone groups is 1. The monoisotopic (exact) mass is 445 g/mol. The van der Waals surface area contributed by atoms with E-state index in [0.717, 1.165) is 5.56 Å². The van der Waals surface area contributed by atoms with Gasteiger partial charge in [-0.2, -0.15) is 10.2 Å². The Morgan fingerprint density at radius 1 is 1.30 bits per heavy atom. The molecule has 152 valence electrons. The number of benzene rings is 1. The van der Waals surface area contributed by atoms with Gasteiger partial charge in [-0.05, 0) is 30.7 Å². The maximum Gasteiger partial charge on any atom is 0.433 e. The van der Waals surface area contributed by atoms with Crippen molar-refractivity contribution in [3.63, 3.8) is 0 Å². The number of furan rings is 1. The van der Waals surface area contributed by atoms with Gasteiger partial charge in [0.15, 0.2) is 17.2 Å². The van der Waals surface area contributed by atoms with Gasteiger partial charge in [-0.1, -0.05) is 29.3 Å². The molecule has 0 radical (unpaired) electrons. The van der Waals surface area contributed by atoms with Crippen LogP contribution in [-0.4, -0.2) is 30.9 Å². The van der Waals surface area contributed by atoms with Crippen molar-refractivity contribution in [1.82, 2.24) is 19.7 Å². The first-order valence-corrected chi connectivity index (χ1v) is 9.33. The second-order valence-corrected chi connectivity index (χ2v) is 7.05. The molecule has 0 aliphatic heterocycles. The van der Waals surface area contributed by atoms with Crippen molar-refractivity contribution in [2.45, 2.75) is 13.5 Å². The number of hydrogen-bond donors (Lipinski definition) is 1. The smallest absolute Gasteiger partial charge is 0.400 e. The van der Waals surface area contributed by atoms with Crippen molar-refractivity contribution >= 4 is 52.2 Å². The number of aryl methyl sites for hydroxylation is 1. The molecular formula is C18H13Cl2N7O3. The SMILES string of the molecule is Cc1nn(Cc2ccc(Cl)cc2Cl)c2ncnc(N/N=C/c3ccc([N+](=O)[O-])o3)c12. The third-order valence-corrected chi connectivity index (χ3v) is 4.78. The van der Waals surface area contributed by atoms with E-state index in [4.69, 9.17) is 27.6 Å². The fraction of sp³-hybridized carbons (Fsp3) is 0.111. The first-order valence-electron chi connectivity index (χ1n) is 8.57.